The number of benzene rings is 2. The van der Waals surface area contributed by atoms with Gasteiger partial charge in [-0.2, -0.15) is 5.10 Å². The maximum atomic E-state index is 12.6. The number of methoxy groups -OCH3 is 1. The highest BCUT2D eigenvalue weighted by molar-refractivity contribution is 5.90. The fraction of sp³-hybridized carbons (Fsp3) is 0.238. The van der Waals surface area contributed by atoms with Crippen LogP contribution in [0.4, 0.5) is 0 Å². The van der Waals surface area contributed by atoms with E-state index in [0.29, 0.717) is 22.9 Å². The second-order valence-electron chi connectivity index (χ2n) is 6.43. The number of amides is 1. The molecule has 2 aromatic carbocycles. The zero-order chi connectivity index (χ0) is 20.1. The SMILES string of the molecule is COC(=O)[C@H](Cc1ccccc1)NC(=O)Cc1nn(C)c(=O)c2ccccc12. The quantitative estimate of drug-likeness (QED) is 0.654. The lowest BCUT2D eigenvalue weighted by atomic mass is 10.1. The molecule has 0 unspecified atom stereocenters. The lowest BCUT2D eigenvalue weighted by molar-refractivity contribution is -0.145. The molecule has 3 rings (SSSR count). The van der Waals surface area contributed by atoms with Crippen LogP contribution in [0.5, 0.6) is 0 Å². The maximum Gasteiger partial charge on any atom is 0.328 e. The van der Waals surface area contributed by atoms with Gasteiger partial charge in [0, 0.05) is 18.9 Å². The van der Waals surface area contributed by atoms with Gasteiger partial charge in [-0.1, -0.05) is 48.5 Å². The van der Waals surface area contributed by atoms with Crippen molar-refractivity contribution in [2.45, 2.75) is 18.9 Å². The lowest BCUT2D eigenvalue weighted by Gasteiger charge is -2.17. The van der Waals surface area contributed by atoms with Crippen LogP contribution in [0.25, 0.3) is 10.8 Å². The molecule has 0 radical (unpaired) electrons. The minimum atomic E-state index is -0.807. The van der Waals surface area contributed by atoms with Crippen LogP contribution in [0, 0.1) is 0 Å². The first-order valence-electron chi connectivity index (χ1n) is 8.85. The highest BCUT2D eigenvalue weighted by atomic mass is 16.5. The third-order valence-corrected chi connectivity index (χ3v) is 4.46. The Morgan fingerprint density at radius 1 is 1.07 bits per heavy atom. The van der Waals surface area contributed by atoms with E-state index in [2.05, 4.69) is 10.4 Å². The van der Waals surface area contributed by atoms with Gasteiger partial charge in [0.25, 0.3) is 5.56 Å². The summed E-state index contributed by atoms with van der Waals surface area (Å²) in [6, 6.07) is 15.6. The van der Waals surface area contributed by atoms with E-state index in [1.165, 1.54) is 11.8 Å². The number of esters is 1. The molecule has 7 heteroatoms. The van der Waals surface area contributed by atoms with E-state index in [1.807, 2.05) is 30.3 Å². The van der Waals surface area contributed by atoms with Crippen molar-refractivity contribution in [1.82, 2.24) is 15.1 Å². The second-order valence-corrected chi connectivity index (χ2v) is 6.43. The molecule has 7 nitrogen and oxygen atoms in total. The van der Waals surface area contributed by atoms with Gasteiger partial charge in [0.05, 0.1) is 24.6 Å². The molecule has 1 heterocycles. The summed E-state index contributed by atoms with van der Waals surface area (Å²) in [5, 5.41) is 8.07. The molecule has 0 aliphatic carbocycles. The van der Waals surface area contributed by atoms with Crippen LogP contribution in [-0.2, 0) is 34.2 Å². The van der Waals surface area contributed by atoms with Crippen LogP contribution in [-0.4, -0.2) is 34.8 Å². The Balaban J connectivity index is 1.82. The number of aromatic nitrogens is 2. The molecular formula is C21H21N3O4. The van der Waals surface area contributed by atoms with Gasteiger partial charge < -0.3 is 10.1 Å². The highest BCUT2D eigenvalue weighted by Gasteiger charge is 2.23. The highest BCUT2D eigenvalue weighted by Crippen LogP contribution is 2.14. The molecule has 0 bridgehead atoms. The van der Waals surface area contributed by atoms with Crippen molar-refractivity contribution in [2.75, 3.05) is 7.11 Å². The van der Waals surface area contributed by atoms with Crippen LogP contribution >= 0.6 is 0 Å². The van der Waals surface area contributed by atoms with Crippen LogP contribution in [0.3, 0.4) is 0 Å². The minimum Gasteiger partial charge on any atom is -0.467 e. The second kappa shape index (κ2) is 8.47. The molecule has 1 amide bonds. The standard InChI is InChI=1S/C21H21N3O4/c1-24-20(26)16-11-7-6-10-15(16)17(23-24)13-19(25)22-18(21(27)28-2)12-14-8-4-3-5-9-14/h3-11,18H,12-13H2,1-2H3,(H,22,25)/t18-/m0/s1. The summed E-state index contributed by atoms with van der Waals surface area (Å²) in [4.78, 5) is 37.0. The van der Waals surface area contributed by atoms with E-state index in [9.17, 15) is 14.4 Å². The van der Waals surface area contributed by atoms with Gasteiger partial charge in [-0.15, -0.1) is 0 Å². The van der Waals surface area contributed by atoms with Crippen LogP contribution in [0.15, 0.2) is 59.4 Å². The summed E-state index contributed by atoms with van der Waals surface area (Å²) in [6.07, 6.45) is 0.262. The van der Waals surface area contributed by atoms with Crippen molar-refractivity contribution < 1.29 is 14.3 Å². The van der Waals surface area contributed by atoms with Gasteiger partial charge in [-0.3, -0.25) is 9.59 Å². The number of rotatable bonds is 6. The van der Waals surface area contributed by atoms with Crippen molar-refractivity contribution in [3.05, 3.63) is 76.2 Å². The third-order valence-electron chi connectivity index (χ3n) is 4.46. The van der Waals surface area contributed by atoms with E-state index in [4.69, 9.17) is 4.74 Å². The fourth-order valence-electron chi connectivity index (χ4n) is 3.09. The molecule has 3 aromatic rings. The van der Waals surface area contributed by atoms with Gasteiger partial charge in [-0.05, 0) is 11.6 Å². The normalized spacial score (nSPS) is 11.8. The minimum absolute atomic E-state index is 0.0586. The molecule has 144 valence electrons. The number of hydrogen-bond acceptors (Lipinski definition) is 5. The Morgan fingerprint density at radius 2 is 1.71 bits per heavy atom. The summed E-state index contributed by atoms with van der Waals surface area (Å²) in [7, 11) is 2.83. The summed E-state index contributed by atoms with van der Waals surface area (Å²) >= 11 is 0. The predicted octanol–water partition coefficient (Wildman–Crippen LogP) is 1.38. The Labute approximate surface area is 161 Å². The molecule has 0 aliphatic rings. The zero-order valence-electron chi connectivity index (χ0n) is 15.7. The first kappa shape index (κ1) is 19.3. The van der Waals surface area contributed by atoms with E-state index < -0.39 is 12.0 Å². The first-order chi connectivity index (χ1) is 13.5. The van der Waals surface area contributed by atoms with Crippen LogP contribution in [0.1, 0.15) is 11.3 Å². The van der Waals surface area contributed by atoms with Crippen molar-refractivity contribution in [3.8, 4) is 0 Å². The number of carbonyl (C=O) groups is 2. The number of aryl methyl sites for hydroxylation is 1. The molecule has 28 heavy (non-hydrogen) atoms. The van der Waals surface area contributed by atoms with Crippen molar-refractivity contribution in [1.29, 1.82) is 0 Å². The maximum absolute atomic E-state index is 12.6. The number of nitrogens with one attached hydrogen (secondary N) is 1. The Hall–Kier alpha value is -3.48. The number of carbonyl (C=O) groups excluding carboxylic acids is 2. The van der Waals surface area contributed by atoms with E-state index in [1.54, 1.807) is 31.3 Å². The largest absolute Gasteiger partial charge is 0.467 e. The molecule has 1 atom stereocenters. The van der Waals surface area contributed by atoms with Gasteiger partial charge in [-0.25, -0.2) is 9.48 Å². The number of nitrogens with zero attached hydrogens (tertiary/aromatic N) is 2. The average Bonchev–Trinajstić information content (AvgIpc) is 2.71. The zero-order valence-corrected chi connectivity index (χ0v) is 15.7. The molecule has 1 aromatic heterocycles. The fourth-order valence-corrected chi connectivity index (χ4v) is 3.09. The number of hydrogen-bond donors (Lipinski definition) is 1. The Bertz CT molecular complexity index is 1060. The molecule has 0 aliphatic heterocycles. The Kier molecular flexibility index (Phi) is 5.84. The molecule has 0 saturated carbocycles. The number of fused-ring (bicyclic) bond motifs is 1. The van der Waals surface area contributed by atoms with Gasteiger partial charge in [0.1, 0.15) is 6.04 Å². The monoisotopic (exact) mass is 379 g/mol. The number of ether oxygens (including phenoxy) is 1. The van der Waals surface area contributed by atoms with E-state index >= 15 is 0 Å². The average molecular weight is 379 g/mol. The summed E-state index contributed by atoms with van der Waals surface area (Å²) in [5.41, 5.74) is 1.15. The Morgan fingerprint density at radius 3 is 2.39 bits per heavy atom. The molecular weight excluding hydrogens is 358 g/mol. The topological polar surface area (TPSA) is 90.3 Å². The molecule has 0 fully saturated rings. The summed E-state index contributed by atoms with van der Waals surface area (Å²) in [6.45, 7) is 0. The lowest BCUT2D eigenvalue weighted by Crippen LogP contribution is -2.44. The van der Waals surface area contributed by atoms with E-state index in [0.717, 1.165) is 5.56 Å². The smallest absolute Gasteiger partial charge is 0.328 e. The summed E-state index contributed by atoms with van der Waals surface area (Å²) in [5.74, 6) is -0.891. The molecule has 0 saturated heterocycles. The van der Waals surface area contributed by atoms with Gasteiger partial charge in [0.15, 0.2) is 0 Å². The first-order valence-corrected chi connectivity index (χ1v) is 8.85. The van der Waals surface area contributed by atoms with Crippen LogP contribution < -0.4 is 10.9 Å². The molecule has 1 N–H and O–H groups in total. The van der Waals surface area contributed by atoms with Crippen molar-refractivity contribution in [3.63, 3.8) is 0 Å². The predicted molar refractivity (Wildman–Crippen MR) is 105 cm³/mol. The molecule has 0 spiro atoms. The van der Waals surface area contributed by atoms with Gasteiger partial charge >= 0.3 is 5.97 Å². The van der Waals surface area contributed by atoms with Gasteiger partial charge in [0.2, 0.25) is 5.91 Å². The van der Waals surface area contributed by atoms with Crippen molar-refractivity contribution >= 4 is 22.6 Å². The summed E-state index contributed by atoms with van der Waals surface area (Å²) < 4.78 is 6.04. The van der Waals surface area contributed by atoms with Crippen LogP contribution in [0.2, 0.25) is 0 Å². The van der Waals surface area contributed by atoms with Crippen molar-refractivity contribution in [2.24, 2.45) is 7.05 Å². The van der Waals surface area contributed by atoms with E-state index in [-0.39, 0.29) is 17.9 Å². The third kappa shape index (κ3) is 4.25.